The van der Waals surface area contributed by atoms with Gasteiger partial charge in [0.2, 0.25) is 17.7 Å². The molecule has 3 rings (SSSR count). The van der Waals surface area contributed by atoms with Crippen LogP contribution in [0, 0.1) is 17.8 Å². The number of anilines is 1. The van der Waals surface area contributed by atoms with Crippen LogP contribution in [-0.2, 0) is 39.9 Å². The summed E-state index contributed by atoms with van der Waals surface area (Å²) in [5.74, 6) is 6.91. The molecule has 0 fully saturated rings. The van der Waals surface area contributed by atoms with E-state index >= 15 is 0 Å². The molecule has 1 atom stereocenters. The number of nitrogens with one attached hydrogen (secondary N) is 2. The maximum absolute atomic E-state index is 13.3. The predicted octanol–water partition coefficient (Wildman–Crippen LogP) is 6.56. The lowest BCUT2D eigenvalue weighted by Crippen LogP contribution is -2.31. The molecule has 1 aliphatic rings. The number of para-hydroxylation sites is 1. The van der Waals surface area contributed by atoms with E-state index < -0.39 is 0 Å². The van der Waals surface area contributed by atoms with Gasteiger partial charge in [-0.25, -0.2) is 0 Å². The number of nitrogens with zero attached hydrogens (tertiary/aromatic N) is 1. The van der Waals surface area contributed by atoms with Crippen LogP contribution in [0.2, 0.25) is 0 Å². The molecule has 1 heterocycles. The number of benzene rings is 2. The number of rotatable bonds is 26. The summed E-state index contributed by atoms with van der Waals surface area (Å²) < 4.78 is 22.0. The molecule has 10 nitrogen and oxygen atoms in total. The molecule has 0 aliphatic carbocycles. The standard InChI is InChI=1S/C43H61N3O7/c1-3-4-6-14-36(2)15-13-20-41(47)45-26-28-51-30-32-53-34-33-52-31-29-50-27-24-42(48)44-25-12-5-7-21-43(49)46-35-39-18-9-8-16-37(39)22-23-38-17-10-11-19-40(38)46/h8-11,16-19,22-23,36H,3,5,7,12-15,20-21,24-35H2,1-2H3,(H,44,48)(H,45,47)/b23-22-/t36-/m1/s1. The van der Waals surface area contributed by atoms with Gasteiger partial charge in [0.25, 0.3) is 0 Å². The van der Waals surface area contributed by atoms with E-state index in [1.54, 1.807) is 0 Å². The average molecular weight is 732 g/mol. The molecule has 10 heteroatoms. The topological polar surface area (TPSA) is 115 Å². The molecule has 0 bridgehead atoms. The highest BCUT2D eigenvalue weighted by Gasteiger charge is 2.20. The Kier molecular flexibility index (Phi) is 22.6. The first-order chi connectivity index (χ1) is 26.0. The minimum atomic E-state index is -0.0433. The Morgan fingerprint density at radius 2 is 1.30 bits per heavy atom. The van der Waals surface area contributed by atoms with Crippen LogP contribution in [0.3, 0.4) is 0 Å². The second-order valence-corrected chi connectivity index (χ2v) is 13.2. The zero-order chi connectivity index (χ0) is 37.8. The number of carbonyl (C=O) groups excluding carboxylic acids is 3. The summed E-state index contributed by atoms with van der Waals surface area (Å²) in [6.07, 6.45) is 11.6. The van der Waals surface area contributed by atoms with Crippen LogP contribution in [-0.4, -0.2) is 83.7 Å². The molecule has 2 N–H and O–H groups in total. The Balaban J connectivity index is 1.08. The first kappa shape index (κ1) is 43.4. The fourth-order valence-electron chi connectivity index (χ4n) is 5.76. The molecule has 290 valence electrons. The Morgan fingerprint density at radius 1 is 0.679 bits per heavy atom. The number of ether oxygens (including phenoxy) is 4. The number of carbonyl (C=O) groups is 3. The molecule has 3 amide bonds. The quantitative estimate of drug-likeness (QED) is 0.0832. The van der Waals surface area contributed by atoms with Crippen LogP contribution in [0.15, 0.2) is 48.5 Å². The molecule has 0 saturated heterocycles. The fourth-order valence-corrected chi connectivity index (χ4v) is 5.76. The lowest BCUT2D eigenvalue weighted by molar-refractivity contribution is -0.122. The highest BCUT2D eigenvalue weighted by Crippen LogP contribution is 2.29. The number of hydrogen-bond donors (Lipinski definition) is 2. The molecule has 0 aromatic heterocycles. The second-order valence-electron chi connectivity index (χ2n) is 13.2. The van der Waals surface area contributed by atoms with Gasteiger partial charge >= 0.3 is 0 Å². The van der Waals surface area contributed by atoms with E-state index in [-0.39, 0.29) is 17.7 Å². The highest BCUT2D eigenvalue weighted by atomic mass is 16.6. The summed E-state index contributed by atoms with van der Waals surface area (Å²) in [5, 5.41) is 5.83. The van der Waals surface area contributed by atoms with E-state index in [1.807, 2.05) is 48.2 Å². The molecule has 0 saturated carbocycles. The van der Waals surface area contributed by atoms with Gasteiger partial charge in [0.05, 0.1) is 65.1 Å². The minimum absolute atomic E-state index is 0.0433. The van der Waals surface area contributed by atoms with Gasteiger partial charge in [-0.05, 0) is 54.4 Å². The van der Waals surface area contributed by atoms with Crippen LogP contribution >= 0.6 is 0 Å². The van der Waals surface area contributed by atoms with E-state index in [0.717, 1.165) is 67.3 Å². The first-order valence-electron chi connectivity index (χ1n) is 19.4. The third-order valence-corrected chi connectivity index (χ3v) is 8.76. The van der Waals surface area contributed by atoms with Gasteiger partial charge in [-0.2, -0.15) is 0 Å². The molecule has 0 unspecified atom stereocenters. The zero-order valence-corrected chi connectivity index (χ0v) is 32.0. The van der Waals surface area contributed by atoms with Gasteiger partial charge in [0.15, 0.2) is 0 Å². The third kappa shape index (κ3) is 19.1. The molecule has 1 aliphatic heterocycles. The normalized spacial score (nSPS) is 13.1. The molecule has 2 aromatic carbocycles. The molecular weight excluding hydrogens is 670 g/mol. The SMILES string of the molecule is CCC#CC[C@@H](C)CCCC(=O)NCCOCCOCCOCCOCCC(=O)NCCCCCC(=O)N1Cc2ccccc2/C=C\c2ccccc21. The van der Waals surface area contributed by atoms with E-state index in [1.165, 1.54) is 0 Å². The van der Waals surface area contributed by atoms with Gasteiger partial charge in [-0.15, -0.1) is 11.8 Å². The number of hydrogen-bond acceptors (Lipinski definition) is 7. The van der Waals surface area contributed by atoms with Crippen LogP contribution in [0.4, 0.5) is 5.69 Å². The summed E-state index contributed by atoms with van der Waals surface area (Å²) in [6, 6.07) is 16.2. The van der Waals surface area contributed by atoms with E-state index in [0.29, 0.717) is 97.7 Å². The van der Waals surface area contributed by atoms with Crippen molar-refractivity contribution in [1.82, 2.24) is 10.6 Å². The Labute approximate surface area is 317 Å². The van der Waals surface area contributed by atoms with Gasteiger partial charge in [-0.3, -0.25) is 14.4 Å². The summed E-state index contributed by atoms with van der Waals surface area (Å²) in [6.45, 7) is 9.30. The zero-order valence-electron chi connectivity index (χ0n) is 32.0. The van der Waals surface area contributed by atoms with Crippen molar-refractivity contribution in [3.8, 4) is 11.8 Å². The van der Waals surface area contributed by atoms with Gasteiger partial charge in [0.1, 0.15) is 0 Å². The van der Waals surface area contributed by atoms with Crippen LogP contribution in [0.1, 0.15) is 94.7 Å². The van der Waals surface area contributed by atoms with Crippen molar-refractivity contribution in [3.63, 3.8) is 0 Å². The molecule has 0 radical (unpaired) electrons. The van der Waals surface area contributed by atoms with Crippen molar-refractivity contribution in [2.24, 2.45) is 5.92 Å². The number of fused-ring (bicyclic) bond motifs is 2. The molecule has 53 heavy (non-hydrogen) atoms. The van der Waals surface area contributed by atoms with E-state index in [2.05, 4.69) is 53.7 Å². The van der Waals surface area contributed by atoms with Gasteiger partial charge in [0, 0.05) is 45.2 Å². The number of unbranched alkanes of at least 4 members (excludes halogenated alkanes) is 2. The third-order valence-electron chi connectivity index (χ3n) is 8.76. The van der Waals surface area contributed by atoms with Crippen molar-refractivity contribution >= 4 is 35.6 Å². The average Bonchev–Trinajstić information content (AvgIpc) is 3.15. The van der Waals surface area contributed by atoms with E-state index in [4.69, 9.17) is 18.9 Å². The Hall–Kier alpha value is -4.01. The molecule has 0 spiro atoms. The van der Waals surface area contributed by atoms with Crippen LogP contribution < -0.4 is 15.5 Å². The van der Waals surface area contributed by atoms with Crippen LogP contribution in [0.5, 0.6) is 0 Å². The van der Waals surface area contributed by atoms with Crippen molar-refractivity contribution in [1.29, 1.82) is 0 Å². The Bertz CT molecular complexity index is 1450. The van der Waals surface area contributed by atoms with Crippen molar-refractivity contribution in [2.45, 2.75) is 84.6 Å². The first-order valence-corrected chi connectivity index (χ1v) is 19.4. The number of amides is 3. The monoisotopic (exact) mass is 731 g/mol. The fraction of sp³-hybridized carbons (Fsp3) is 0.558. The highest BCUT2D eigenvalue weighted by molar-refractivity contribution is 5.97. The Morgan fingerprint density at radius 3 is 2.06 bits per heavy atom. The summed E-state index contributed by atoms with van der Waals surface area (Å²) in [4.78, 5) is 39.4. The maximum atomic E-state index is 13.3. The lowest BCUT2D eigenvalue weighted by Gasteiger charge is -2.27. The summed E-state index contributed by atoms with van der Waals surface area (Å²) in [5.41, 5.74) is 4.23. The smallest absolute Gasteiger partial charge is 0.227 e. The van der Waals surface area contributed by atoms with Crippen LogP contribution in [0.25, 0.3) is 12.2 Å². The van der Waals surface area contributed by atoms with E-state index in [9.17, 15) is 14.4 Å². The van der Waals surface area contributed by atoms with Crippen molar-refractivity contribution < 1.29 is 33.3 Å². The lowest BCUT2D eigenvalue weighted by atomic mass is 10.0. The second kappa shape index (κ2) is 27.6. The van der Waals surface area contributed by atoms with Crippen molar-refractivity contribution in [2.75, 3.05) is 70.8 Å². The largest absolute Gasteiger partial charge is 0.379 e. The molecule has 2 aromatic rings. The van der Waals surface area contributed by atoms with Crippen molar-refractivity contribution in [3.05, 3.63) is 65.2 Å². The minimum Gasteiger partial charge on any atom is -0.379 e. The summed E-state index contributed by atoms with van der Waals surface area (Å²) >= 11 is 0. The van der Waals surface area contributed by atoms with Gasteiger partial charge in [-0.1, -0.05) is 74.9 Å². The maximum Gasteiger partial charge on any atom is 0.227 e. The predicted molar refractivity (Wildman–Crippen MR) is 211 cm³/mol. The van der Waals surface area contributed by atoms with Gasteiger partial charge < -0.3 is 34.5 Å². The summed E-state index contributed by atoms with van der Waals surface area (Å²) in [7, 11) is 0. The molecular formula is C43H61N3O7.